The summed E-state index contributed by atoms with van der Waals surface area (Å²) in [5.41, 5.74) is 4.86. The lowest BCUT2D eigenvalue weighted by molar-refractivity contribution is 0.705. The zero-order valence-electron chi connectivity index (χ0n) is 12.7. The van der Waals surface area contributed by atoms with E-state index in [9.17, 15) is 0 Å². The molecule has 1 atom stereocenters. The van der Waals surface area contributed by atoms with Crippen molar-refractivity contribution in [2.75, 3.05) is 5.32 Å². The van der Waals surface area contributed by atoms with Gasteiger partial charge in [-0.05, 0) is 72.8 Å². The normalized spacial score (nSPS) is 12.2. The second-order valence-electron chi connectivity index (χ2n) is 5.65. The second-order valence-corrected chi connectivity index (χ2v) is 6.92. The highest BCUT2D eigenvalue weighted by Crippen LogP contribution is 2.30. The Morgan fingerprint density at radius 1 is 1.19 bits per heavy atom. The number of rotatable bonds is 5. The molecular formula is C18H21BrClN. The van der Waals surface area contributed by atoms with Crippen molar-refractivity contribution in [3.05, 3.63) is 62.6 Å². The van der Waals surface area contributed by atoms with E-state index in [0.717, 1.165) is 33.6 Å². The van der Waals surface area contributed by atoms with Crippen LogP contribution in [0.3, 0.4) is 0 Å². The summed E-state index contributed by atoms with van der Waals surface area (Å²) in [5, 5.41) is 4.33. The Labute approximate surface area is 140 Å². The average Bonchev–Trinajstić information content (AvgIpc) is 2.43. The summed E-state index contributed by atoms with van der Waals surface area (Å²) >= 11 is 9.79. The Balaban J connectivity index is 1.96. The third-order valence-electron chi connectivity index (χ3n) is 3.60. The Hall–Kier alpha value is -0.990. The molecule has 0 fully saturated rings. The van der Waals surface area contributed by atoms with Gasteiger partial charge in [-0.3, -0.25) is 0 Å². The van der Waals surface area contributed by atoms with Crippen molar-refractivity contribution in [2.45, 2.75) is 39.7 Å². The van der Waals surface area contributed by atoms with Crippen LogP contribution in [0.4, 0.5) is 5.69 Å². The molecule has 112 valence electrons. The maximum Gasteiger partial charge on any atom is 0.0501 e. The highest BCUT2D eigenvalue weighted by molar-refractivity contribution is 9.10. The molecule has 0 radical (unpaired) electrons. The quantitative estimate of drug-likeness (QED) is 0.669. The zero-order chi connectivity index (χ0) is 15.4. The first kappa shape index (κ1) is 16.4. The molecule has 2 aromatic rings. The molecular weight excluding hydrogens is 346 g/mol. The van der Waals surface area contributed by atoms with E-state index < -0.39 is 0 Å². The molecule has 0 aromatic heterocycles. The van der Waals surface area contributed by atoms with Crippen LogP contribution in [0.1, 0.15) is 30.0 Å². The molecule has 1 unspecified atom stereocenters. The van der Waals surface area contributed by atoms with Gasteiger partial charge < -0.3 is 5.32 Å². The fourth-order valence-electron chi connectivity index (χ4n) is 2.35. The minimum absolute atomic E-state index is 0.389. The average molecular weight is 367 g/mol. The number of hydrogen-bond acceptors (Lipinski definition) is 1. The van der Waals surface area contributed by atoms with Gasteiger partial charge in [-0.2, -0.15) is 0 Å². The molecule has 0 spiro atoms. The van der Waals surface area contributed by atoms with Crippen molar-refractivity contribution >= 4 is 33.2 Å². The predicted molar refractivity (Wildman–Crippen MR) is 96.5 cm³/mol. The van der Waals surface area contributed by atoms with Gasteiger partial charge in [0.25, 0.3) is 0 Å². The topological polar surface area (TPSA) is 12.0 Å². The molecule has 1 N–H and O–H groups in total. The van der Waals surface area contributed by atoms with Crippen molar-refractivity contribution in [3.63, 3.8) is 0 Å². The van der Waals surface area contributed by atoms with Crippen LogP contribution >= 0.6 is 27.5 Å². The number of benzene rings is 2. The van der Waals surface area contributed by atoms with Crippen LogP contribution in [0, 0.1) is 13.8 Å². The van der Waals surface area contributed by atoms with Gasteiger partial charge in [-0.15, -0.1) is 0 Å². The molecule has 0 aliphatic heterocycles. The lowest BCUT2D eigenvalue weighted by Crippen LogP contribution is -2.16. The maximum absolute atomic E-state index is 6.20. The van der Waals surface area contributed by atoms with E-state index in [1.165, 1.54) is 11.1 Å². The van der Waals surface area contributed by atoms with Gasteiger partial charge in [0.15, 0.2) is 0 Å². The van der Waals surface area contributed by atoms with E-state index in [-0.39, 0.29) is 0 Å². The van der Waals surface area contributed by atoms with Crippen molar-refractivity contribution in [1.29, 1.82) is 0 Å². The lowest BCUT2D eigenvalue weighted by Gasteiger charge is -2.17. The van der Waals surface area contributed by atoms with Crippen LogP contribution in [-0.4, -0.2) is 6.04 Å². The van der Waals surface area contributed by atoms with Gasteiger partial charge in [0.2, 0.25) is 0 Å². The molecule has 0 heterocycles. The highest BCUT2D eigenvalue weighted by atomic mass is 79.9. The van der Waals surface area contributed by atoms with Gasteiger partial charge in [0, 0.05) is 15.5 Å². The highest BCUT2D eigenvalue weighted by Gasteiger charge is 2.08. The number of nitrogens with one attached hydrogen (secondary N) is 1. The van der Waals surface area contributed by atoms with Gasteiger partial charge >= 0.3 is 0 Å². The molecule has 0 amide bonds. The van der Waals surface area contributed by atoms with Crippen LogP contribution in [0.5, 0.6) is 0 Å². The Bertz CT molecular complexity index is 625. The first-order valence-electron chi connectivity index (χ1n) is 7.23. The molecule has 0 saturated heterocycles. The third-order valence-corrected chi connectivity index (χ3v) is 4.66. The number of anilines is 1. The fourth-order valence-corrected chi connectivity index (χ4v) is 3.08. The Morgan fingerprint density at radius 3 is 2.67 bits per heavy atom. The van der Waals surface area contributed by atoms with E-state index in [2.05, 4.69) is 65.4 Å². The number of aryl methyl sites for hydroxylation is 3. The second kappa shape index (κ2) is 7.33. The minimum atomic E-state index is 0.389. The molecule has 0 aliphatic rings. The summed E-state index contributed by atoms with van der Waals surface area (Å²) in [6, 6.07) is 13.1. The van der Waals surface area contributed by atoms with Crippen LogP contribution in [0.15, 0.2) is 40.9 Å². The molecule has 2 aromatic carbocycles. The van der Waals surface area contributed by atoms with Crippen molar-refractivity contribution in [2.24, 2.45) is 0 Å². The zero-order valence-corrected chi connectivity index (χ0v) is 15.1. The van der Waals surface area contributed by atoms with Crippen LogP contribution in [0.25, 0.3) is 0 Å². The molecule has 21 heavy (non-hydrogen) atoms. The van der Waals surface area contributed by atoms with Crippen molar-refractivity contribution in [3.8, 4) is 0 Å². The van der Waals surface area contributed by atoms with Crippen LogP contribution in [-0.2, 0) is 6.42 Å². The van der Waals surface area contributed by atoms with E-state index in [1.807, 2.05) is 13.0 Å². The van der Waals surface area contributed by atoms with Gasteiger partial charge in [-0.25, -0.2) is 0 Å². The monoisotopic (exact) mass is 365 g/mol. The van der Waals surface area contributed by atoms with Crippen molar-refractivity contribution < 1.29 is 0 Å². The van der Waals surface area contributed by atoms with E-state index in [0.29, 0.717) is 6.04 Å². The minimum Gasteiger partial charge on any atom is -0.382 e. The largest absolute Gasteiger partial charge is 0.382 e. The summed E-state index contributed by atoms with van der Waals surface area (Å²) in [4.78, 5) is 0. The number of halogens is 2. The summed E-state index contributed by atoms with van der Waals surface area (Å²) in [5.74, 6) is 0. The van der Waals surface area contributed by atoms with Gasteiger partial charge in [-0.1, -0.05) is 41.4 Å². The van der Waals surface area contributed by atoms with Gasteiger partial charge in [0.05, 0.1) is 5.69 Å². The summed E-state index contributed by atoms with van der Waals surface area (Å²) < 4.78 is 1.06. The van der Waals surface area contributed by atoms with Crippen molar-refractivity contribution in [1.82, 2.24) is 0 Å². The molecule has 3 heteroatoms. The van der Waals surface area contributed by atoms with Gasteiger partial charge in [0.1, 0.15) is 0 Å². The molecule has 0 aliphatic carbocycles. The smallest absolute Gasteiger partial charge is 0.0501 e. The molecule has 0 saturated carbocycles. The summed E-state index contributed by atoms with van der Waals surface area (Å²) in [6.07, 6.45) is 2.16. The molecule has 1 nitrogen and oxygen atoms in total. The maximum atomic E-state index is 6.20. The predicted octanol–water partition coefficient (Wildman–Crippen LogP) is 6.15. The first-order chi connectivity index (χ1) is 9.95. The molecule has 0 bridgehead atoms. The standard InChI is InChI=1S/C18H21BrClN/c1-12-5-4-6-15(9-12)8-7-14(3)21-18-11-17(20)13(2)10-16(18)19/h4-6,9-11,14,21H,7-8H2,1-3H3. The van der Waals surface area contributed by atoms with E-state index in [4.69, 9.17) is 11.6 Å². The lowest BCUT2D eigenvalue weighted by atomic mass is 10.0. The van der Waals surface area contributed by atoms with Crippen LogP contribution < -0.4 is 5.32 Å². The third kappa shape index (κ3) is 4.76. The Kier molecular flexibility index (Phi) is 5.72. The van der Waals surface area contributed by atoms with E-state index in [1.54, 1.807) is 0 Å². The van der Waals surface area contributed by atoms with E-state index >= 15 is 0 Å². The molecule has 2 rings (SSSR count). The number of hydrogen-bond donors (Lipinski definition) is 1. The SMILES string of the molecule is Cc1cccc(CCC(C)Nc2cc(Cl)c(C)cc2Br)c1. The Morgan fingerprint density at radius 2 is 1.95 bits per heavy atom. The fraction of sp³-hybridized carbons (Fsp3) is 0.333. The van der Waals surface area contributed by atoms with Crippen LogP contribution in [0.2, 0.25) is 5.02 Å². The summed E-state index contributed by atoms with van der Waals surface area (Å²) in [6.45, 7) is 6.35. The summed E-state index contributed by atoms with van der Waals surface area (Å²) in [7, 11) is 0. The first-order valence-corrected chi connectivity index (χ1v) is 8.40.